The first kappa shape index (κ1) is 23.9. The SMILES string of the molecule is CC(C)(C)OC(=O)[C@@H](NCCc1ccccc1)[C@@H](N)CC1CCCCC1.Cl. The minimum absolute atomic E-state index is 0. The molecule has 2 rings (SSSR count). The van der Waals surface area contributed by atoms with E-state index in [-0.39, 0.29) is 24.4 Å². The molecule has 1 aromatic carbocycles. The smallest absolute Gasteiger partial charge is 0.325 e. The molecular formula is C22H37ClN2O2. The fraction of sp³-hybridized carbons (Fsp3) is 0.682. The van der Waals surface area contributed by atoms with Gasteiger partial charge in [-0.05, 0) is 45.1 Å². The van der Waals surface area contributed by atoms with E-state index in [0.717, 1.165) is 12.8 Å². The second-order valence-corrected chi connectivity index (χ2v) is 8.60. The summed E-state index contributed by atoms with van der Waals surface area (Å²) in [7, 11) is 0. The number of halogens is 1. The molecule has 1 fully saturated rings. The molecular weight excluding hydrogens is 360 g/mol. The second kappa shape index (κ2) is 11.7. The highest BCUT2D eigenvalue weighted by Gasteiger charge is 2.31. The zero-order valence-electron chi connectivity index (χ0n) is 17.1. The van der Waals surface area contributed by atoms with E-state index in [1.807, 2.05) is 39.0 Å². The number of benzene rings is 1. The lowest BCUT2D eigenvalue weighted by Gasteiger charge is -2.31. The molecule has 4 nitrogen and oxygen atoms in total. The van der Waals surface area contributed by atoms with Gasteiger partial charge in [0.1, 0.15) is 11.6 Å². The molecule has 0 aromatic heterocycles. The molecule has 1 aliphatic carbocycles. The summed E-state index contributed by atoms with van der Waals surface area (Å²) >= 11 is 0. The number of rotatable bonds is 8. The van der Waals surface area contributed by atoms with Gasteiger partial charge in [-0.25, -0.2) is 0 Å². The Labute approximate surface area is 171 Å². The summed E-state index contributed by atoms with van der Waals surface area (Å²) in [6.45, 7) is 6.42. The summed E-state index contributed by atoms with van der Waals surface area (Å²) in [6, 6.07) is 9.65. The van der Waals surface area contributed by atoms with Crippen molar-refractivity contribution in [1.29, 1.82) is 0 Å². The van der Waals surface area contributed by atoms with Crippen LogP contribution in [-0.4, -0.2) is 30.2 Å². The lowest BCUT2D eigenvalue weighted by molar-refractivity contribution is -0.158. The van der Waals surface area contributed by atoms with Gasteiger partial charge in [0, 0.05) is 12.6 Å². The summed E-state index contributed by atoms with van der Waals surface area (Å²) in [5.74, 6) is 0.411. The van der Waals surface area contributed by atoms with Crippen LogP contribution in [0.4, 0.5) is 0 Å². The molecule has 1 saturated carbocycles. The van der Waals surface area contributed by atoms with Gasteiger partial charge in [-0.2, -0.15) is 0 Å². The fourth-order valence-corrected chi connectivity index (χ4v) is 3.74. The highest BCUT2D eigenvalue weighted by atomic mass is 35.5. The van der Waals surface area contributed by atoms with Crippen LogP contribution in [0.25, 0.3) is 0 Å². The summed E-state index contributed by atoms with van der Waals surface area (Å²) in [5.41, 5.74) is 7.24. The van der Waals surface area contributed by atoms with Crippen molar-refractivity contribution in [1.82, 2.24) is 5.32 Å². The third-order valence-corrected chi connectivity index (χ3v) is 5.04. The van der Waals surface area contributed by atoms with Crippen LogP contribution in [-0.2, 0) is 16.0 Å². The Kier molecular flexibility index (Phi) is 10.4. The van der Waals surface area contributed by atoms with Gasteiger partial charge < -0.3 is 15.8 Å². The van der Waals surface area contributed by atoms with Crippen molar-refractivity contribution >= 4 is 18.4 Å². The number of ether oxygens (including phenoxy) is 1. The quantitative estimate of drug-likeness (QED) is 0.645. The average molecular weight is 397 g/mol. The number of carbonyl (C=O) groups excluding carboxylic acids is 1. The zero-order chi connectivity index (χ0) is 19.0. The predicted molar refractivity (Wildman–Crippen MR) is 114 cm³/mol. The third-order valence-electron chi connectivity index (χ3n) is 5.04. The Bertz CT molecular complexity index is 539. The van der Waals surface area contributed by atoms with Crippen LogP contribution < -0.4 is 11.1 Å². The molecule has 0 spiro atoms. The molecule has 154 valence electrons. The Morgan fingerprint density at radius 2 is 1.81 bits per heavy atom. The van der Waals surface area contributed by atoms with E-state index in [9.17, 15) is 4.79 Å². The fourth-order valence-electron chi connectivity index (χ4n) is 3.74. The van der Waals surface area contributed by atoms with Crippen molar-refractivity contribution in [3.8, 4) is 0 Å². The normalized spacial score (nSPS) is 17.6. The van der Waals surface area contributed by atoms with Gasteiger partial charge >= 0.3 is 5.97 Å². The Hall–Kier alpha value is -1.10. The second-order valence-electron chi connectivity index (χ2n) is 8.60. The lowest BCUT2D eigenvalue weighted by atomic mass is 9.83. The molecule has 5 heteroatoms. The van der Waals surface area contributed by atoms with Gasteiger partial charge in [0.2, 0.25) is 0 Å². The van der Waals surface area contributed by atoms with Crippen molar-refractivity contribution in [3.63, 3.8) is 0 Å². The van der Waals surface area contributed by atoms with Crippen LogP contribution in [0.1, 0.15) is 64.9 Å². The maximum absolute atomic E-state index is 12.7. The van der Waals surface area contributed by atoms with E-state index in [0.29, 0.717) is 12.5 Å². The first-order valence-corrected chi connectivity index (χ1v) is 10.1. The van der Waals surface area contributed by atoms with Crippen LogP contribution in [0.5, 0.6) is 0 Å². The van der Waals surface area contributed by atoms with Gasteiger partial charge in [0.25, 0.3) is 0 Å². The van der Waals surface area contributed by atoms with Crippen molar-refractivity contribution in [3.05, 3.63) is 35.9 Å². The van der Waals surface area contributed by atoms with E-state index in [1.54, 1.807) is 0 Å². The van der Waals surface area contributed by atoms with Crippen molar-refractivity contribution < 1.29 is 9.53 Å². The summed E-state index contributed by atoms with van der Waals surface area (Å²) < 4.78 is 5.63. The number of nitrogens with one attached hydrogen (secondary N) is 1. The number of hydrogen-bond donors (Lipinski definition) is 2. The van der Waals surface area contributed by atoms with Gasteiger partial charge in [0.15, 0.2) is 0 Å². The molecule has 1 aromatic rings. The third kappa shape index (κ3) is 9.09. The summed E-state index contributed by atoms with van der Waals surface area (Å²) in [4.78, 5) is 12.7. The van der Waals surface area contributed by atoms with Crippen molar-refractivity contribution in [2.24, 2.45) is 11.7 Å². The maximum Gasteiger partial charge on any atom is 0.325 e. The van der Waals surface area contributed by atoms with Crippen LogP contribution in [0.15, 0.2) is 30.3 Å². The first-order chi connectivity index (χ1) is 12.3. The zero-order valence-corrected chi connectivity index (χ0v) is 17.9. The van der Waals surface area contributed by atoms with Gasteiger partial charge in [0.05, 0.1) is 0 Å². The van der Waals surface area contributed by atoms with E-state index in [4.69, 9.17) is 10.5 Å². The molecule has 0 amide bonds. The minimum atomic E-state index is -0.499. The van der Waals surface area contributed by atoms with Gasteiger partial charge in [-0.3, -0.25) is 4.79 Å². The van der Waals surface area contributed by atoms with Crippen LogP contribution in [0, 0.1) is 5.92 Å². The number of carbonyl (C=O) groups is 1. The Balaban J connectivity index is 0.00000364. The molecule has 27 heavy (non-hydrogen) atoms. The van der Waals surface area contributed by atoms with E-state index < -0.39 is 11.6 Å². The molecule has 0 unspecified atom stereocenters. The summed E-state index contributed by atoms with van der Waals surface area (Å²) in [5, 5.41) is 3.38. The monoisotopic (exact) mass is 396 g/mol. The molecule has 0 heterocycles. The van der Waals surface area contributed by atoms with Crippen molar-refractivity contribution in [2.75, 3.05) is 6.54 Å². The molecule has 0 saturated heterocycles. The van der Waals surface area contributed by atoms with E-state index in [2.05, 4.69) is 17.4 Å². The van der Waals surface area contributed by atoms with E-state index >= 15 is 0 Å². The van der Waals surface area contributed by atoms with Crippen LogP contribution in [0.2, 0.25) is 0 Å². The van der Waals surface area contributed by atoms with Crippen LogP contribution >= 0.6 is 12.4 Å². The first-order valence-electron chi connectivity index (χ1n) is 10.1. The van der Waals surface area contributed by atoms with Crippen molar-refractivity contribution in [2.45, 2.75) is 83.4 Å². The molecule has 3 N–H and O–H groups in total. The highest BCUT2D eigenvalue weighted by molar-refractivity contribution is 5.85. The average Bonchev–Trinajstić information content (AvgIpc) is 2.59. The minimum Gasteiger partial charge on any atom is -0.459 e. The standard InChI is InChI=1S/C22H36N2O2.ClH/c1-22(2,3)26-21(25)20(19(23)16-18-12-8-5-9-13-18)24-15-14-17-10-6-4-7-11-17;/h4,6-7,10-11,18-20,24H,5,8-9,12-16,23H2,1-3H3;1H/t19-,20-;/m0./s1. The Morgan fingerprint density at radius 1 is 1.19 bits per heavy atom. The lowest BCUT2D eigenvalue weighted by Crippen LogP contribution is -2.53. The molecule has 0 aliphatic heterocycles. The predicted octanol–water partition coefficient (Wildman–Crippen LogP) is 4.25. The summed E-state index contributed by atoms with van der Waals surface area (Å²) in [6.07, 6.45) is 8.14. The highest BCUT2D eigenvalue weighted by Crippen LogP contribution is 2.27. The van der Waals surface area contributed by atoms with Gasteiger partial charge in [-0.1, -0.05) is 62.4 Å². The largest absolute Gasteiger partial charge is 0.459 e. The maximum atomic E-state index is 12.7. The molecule has 0 radical (unpaired) electrons. The van der Waals surface area contributed by atoms with E-state index in [1.165, 1.54) is 37.7 Å². The number of hydrogen-bond acceptors (Lipinski definition) is 4. The van der Waals surface area contributed by atoms with Gasteiger partial charge in [-0.15, -0.1) is 12.4 Å². The molecule has 2 atom stereocenters. The molecule has 1 aliphatic rings. The topological polar surface area (TPSA) is 64.3 Å². The number of nitrogens with two attached hydrogens (primary N) is 1. The Morgan fingerprint density at radius 3 is 2.41 bits per heavy atom. The number of esters is 1. The van der Waals surface area contributed by atoms with Crippen LogP contribution in [0.3, 0.4) is 0 Å². The molecule has 0 bridgehead atoms.